The zero-order valence-corrected chi connectivity index (χ0v) is 28.4. The molecule has 1 aromatic rings. The van der Waals surface area contributed by atoms with E-state index in [0.29, 0.717) is 58.5 Å². The maximum Gasteiger partial charge on any atom is 0.410 e. The van der Waals surface area contributed by atoms with Crippen molar-refractivity contribution in [3.05, 3.63) is 35.9 Å². The number of carbonyl (C=O) groups excluding carboxylic acids is 5. The van der Waals surface area contributed by atoms with Crippen LogP contribution in [0.2, 0.25) is 0 Å². The summed E-state index contributed by atoms with van der Waals surface area (Å²) >= 11 is 0. The highest BCUT2D eigenvalue weighted by atomic mass is 16.6. The van der Waals surface area contributed by atoms with Crippen LogP contribution in [0, 0.1) is 28.6 Å². The van der Waals surface area contributed by atoms with Crippen LogP contribution >= 0.6 is 0 Å². The third kappa shape index (κ3) is 6.60. The summed E-state index contributed by atoms with van der Waals surface area (Å²) in [7, 11) is 0. The molecule has 0 N–H and O–H groups in total. The Bertz CT molecular complexity index is 1320. The number of nitrogens with zero attached hydrogens (tertiary/aromatic N) is 4. The number of piperazine rings is 1. The van der Waals surface area contributed by atoms with Gasteiger partial charge in [-0.1, -0.05) is 58.0 Å². The Morgan fingerprint density at radius 3 is 1.93 bits per heavy atom. The van der Waals surface area contributed by atoms with Crippen LogP contribution < -0.4 is 0 Å². The Morgan fingerprint density at radius 1 is 0.826 bits per heavy atom. The van der Waals surface area contributed by atoms with Crippen molar-refractivity contribution in [2.75, 3.05) is 39.3 Å². The summed E-state index contributed by atoms with van der Waals surface area (Å²) in [6.07, 6.45) is 1.43. The molecule has 3 saturated heterocycles. The molecule has 46 heavy (non-hydrogen) atoms. The number of likely N-dealkylation sites (tertiary alicyclic amines) is 2. The molecule has 252 valence electrons. The fourth-order valence-electron chi connectivity index (χ4n) is 7.38. The fourth-order valence-corrected chi connectivity index (χ4v) is 7.38. The van der Waals surface area contributed by atoms with Gasteiger partial charge < -0.3 is 24.2 Å². The van der Waals surface area contributed by atoms with Crippen molar-refractivity contribution in [3.63, 3.8) is 0 Å². The number of piperidine rings is 1. The van der Waals surface area contributed by atoms with Crippen LogP contribution in [-0.2, 0) is 30.5 Å². The minimum absolute atomic E-state index is 0.0437. The van der Waals surface area contributed by atoms with Crippen LogP contribution in [0.4, 0.5) is 9.59 Å². The lowest BCUT2D eigenvalue weighted by Crippen LogP contribution is -2.70. The lowest BCUT2D eigenvalue weighted by atomic mass is 9.77. The number of carbonyl (C=O) groups is 5. The normalized spacial score (nSPS) is 24.7. The van der Waals surface area contributed by atoms with Crippen LogP contribution in [0.1, 0.15) is 73.3 Å². The molecule has 11 heteroatoms. The lowest BCUT2D eigenvalue weighted by molar-refractivity contribution is -0.172. The molecule has 2 atom stereocenters. The quantitative estimate of drug-likeness (QED) is 0.332. The van der Waals surface area contributed by atoms with Crippen LogP contribution in [-0.4, -0.2) is 100 Å². The van der Waals surface area contributed by atoms with Crippen LogP contribution in [0.5, 0.6) is 0 Å². The van der Waals surface area contributed by atoms with Gasteiger partial charge in [0.05, 0.1) is 5.92 Å². The second kappa shape index (κ2) is 12.5. The van der Waals surface area contributed by atoms with Gasteiger partial charge in [-0.3, -0.25) is 9.59 Å². The predicted molar refractivity (Wildman–Crippen MR) is 170 cm³/mol. The number of amides is 5. The molecule has 0 spiro atoms. The molecular weight excluding hydrogens is 588 g/mol. The summed E-state index contributed by atoms with van der Waals surface area (Å²) in [4.78, 5) is 72.8. The number of imide groups is 1. The summed E-state index contributed by atoms with van der Waals surface area (Å²) in [6.45, 7) is 16.4. The Morgan fingerprint density at radius 2 is 1.39 bits per heavy atom. The van der Waals surface area contributed by atoms with Gasteiger partial charge in [0.2, 0.25) is 11.8 Å². The number of hydrogen-bond acceptors (Lipinski definition) is 7. The molecule has 4 aliphatic rings. The number of urea groups is 1. The van der Waals surface area contributed by atoms with E-state index >= 15 is 0 Å². The van der Waals surface area contributed by atoms with Crippen molar-refractivity contribution >= 4 is 29.9 Å². The molecule has 1 aromatic carbocycles. The Balaban J connectivity index is 1.21. The van der Waals surface area contributed by atoms with E-state index in [1.54, 1.807) is 9.80 Å². The first-order valence-electron chi connectivity index (χ1n) is 16.6. The van der Waals surface area contributed by atoms with Gasteiger partial charge >= 0.3 is 18.1 Å². The molecule has 3 aliphatic heterocycles. The van der Waals surface area contributed by atoms with E-state index < -0.39 is 29.6 Å². The predicted octanol–water partition coefficient (Wildman–Crippen LogP) is 4.54. The molecule has 0 aromatic heterocycles. The maximum absolute atomic E-state index is 13.7. The highest BCUT2D eigenvalue weighted by Gasteiger charge is 2.69. The largest absolute Gasteiger partial charge is 0.459 e. The SMILES string of the molecule is CC(C)(C)OC(=O)N1CCC(C[C@H]2C(=O)N(C(=O)N3CCN(C(=O)C4C(C)(C)C4(C)C)CC3)[C@@H]2C(=O)OCc2ccccc2)CC1. The second-order valence-corrected chi connectivity index (χ2v) is 15.5. The molecule has 5 rings (SSSR count). The third-order valence-electron chi connectivity index (χ3n) is 10.9. The Labute approximate surface area is 272 Å². The van der Waals surface area contributed by atoms with E-state index in [4.69, 9.17) is 9.47 Å². The first-order chi connectivity index (χ1) is 21.5. The first kappa shape index (κ1) is 33.7. The molecule has 0 unspecified atom stereocenters. The molecule has 5 amide bonds. The van der Waals surface area contributed by atoms with E-state index in [9.17, 15) is 24.0 Å². The molecule has 1 aliphatic carbocycles. The molecule has 4 fully saturated rings. The van der Waals surface area contributed by atoms with Crippen LogP contribution in [0.15, 0.2) is 30.3 Å². The van der Waals surface area contributed by atoms with Gasteiger partial charge in [-0.05, 0) is 62.3 Å². The topological polar surface area (TPSA) is 117 Å². The lowest BCUT2D eigenvalue weighted by Gasteiger charge is -2.48. The number of esters is 1. The molecule has 0 bridgehead atoms. The van der Waals surface area contributed by atoms with Gasteiger partial charge in [0.25, 0.3) is 0 Å². The van der Waals surface area contributed by atoms with E-state index in [2.05, 4.69) is 27.7 Å². The zero-order chi connectivity index (χ0) is 33.6. The molecule has 1 saturated carbocycles. The first-order valence-corrected chi connectivity index (χ1v) is 16.6. The minimum atomic E-state index is -1.01. The minimum Gasteiger partial charge on any atom is -0.459 e. The molecular formula is C35H50N4O7. The van der Waals surface area contributed by atoms with Gasteiger partial charge in [0.1, 0.15) is 12.2 Å². The monoisotopic (exact) mass is 638 g/mol. The summed E-state index contributed by atoms with van der Waals surface area (Å²) < 4.78 is 11.2. The van der Waals surface area contributed by atoms with Crippen LogP contribution in [0.25, 0.3) is 0 Å². The van der Waals surface area contributed by atoms with E-state index in [1.807, 2.05) is 56.0 Å². The average molecular weight is 639 g/mol. The van der Waals surface area contributed by atoms with Gasteiger partial charge in [0, 0.05) is 45.2 Å². The Kier molecular flexibility index (Phi) is 9.18. The number of benzene rings is 1. The van der Waals surface area contributed by atoms with E-state index in [1.165, 1.54) is 0 Å². The number of hydrogen-bond donors (Lipinski definition) is 0. The molecule has 3 heterocycles. The maximum atomic E-state index is 13.7. The number of rotatable bonds is 6. The van der Waals surface area contributed by atoms with E-state index in [0.717, 1.165) is 10.5 Å². The van der Waals surface area contributed by atoms with Crippen molar-refractivity contribution in [3.8, 4) is 0 Å². The number of ether oxygens (including phenoxy) is 2. The highest BCUT2D eigenvalue weighted by molar-refractivity contribution is 6.07. The fraction of sp³-hybridized carbons (Fsp3) is 0.686. The van der Waals surface area contributed by atoms with Crippen molar-refractivity contribution in [2.24, 2.45) is 28.6 Å². The van der Waals surface area contributed by atoms with Crippen molar-refractivity contribution in [1.29, 1.82) is 0 Å². The molecule has 0 radical (unpaired) electrons. The standard InChI is InChI=1S/C35H50N4O7/c1-33(2,3)46-32(44)38-15-13-23(14-16-38)21-25-26(30(42)45-22-24-11-9-8-10-12-24)39(28(25)40)31(43)37-19-17-36(18-20-37)29(41)27-34(4,5)35(27,6)7/h8-12,23,25-27H,13-22H2,1-7H3/t25-,26+/m1/s1. The summed E-state index contributed by atoms with van der Waals surface area (Å²) in [5.41, 5.74) is 0.0854. The summed E-state index contributed by atoms with van der Waals surface area (Å²) in [6, 6.07) is 7.76. The van der Waals surface area contributed by atoms with Crippen molar-refractivity contribution in [1.82, 2.24) is 19.6 Å². The van der Waals surface area contributed by atoms with Crippen LogP contribution in [0.3, 0.4) is 0 Å². The van der Waals surface area contributed by atoms with Crippen molar-refractivity contribution < 1.29 is 33.4 Å². The van der Waals surface area contributed by atoms with E-state index in [-0.39, 0.29) is 47.2 Å². The second-order valence-electron chi connectivity index (χ2n) is 15.5. The summed E-state index contributed by atoms with van der Waals surface area (Å²) in [5.74, 6) is -1.48. The number of β-lactam (4-membered cyclic amide) rings is 1. The smallest absolute Gasteiger partial charge is 0.410 e. The summed E-state index contributed by atoms with van der Waals surface area (Å²) in [5, 5.41) is 0. The van der Waals surface area contributed by atoms with Gasteiger partial charge in [-0.25, -0.2) is 19.3 Å². The Hall–Kier alpha value is -3.63. The average Bonchev–Trinajstić information content (AvgIpc) is 3.43. The highest BCUT2D eigenvalue weighted by Crippen LogP contribution is 2.68. The van der Waals surface area contributed by atoms with Gasteiger partial charge in [0.15, 0.2) is 6.04 Å². The van der Waals surface area contributed by atoms with Gasteiger partial charge in [-0.15, -0.1) is 0 Å². The third-order valence-corrected chi connectivity index (χ3v) is 10.9. The molecule has 11 nitrogen and oxygen atoms in total. The van der Waals surface area contributed by atoms with Gasteiger partial charge in [-0.2, -0.15) is 0 Å². The zero-order valence-electron chi connectivity index (χ0n) is 28.4. The van der Waals surface area contributed by atoms with Crippen molar-refractivity contribution in [2.45, 2.75) is 86.0 Å².